The van der Waals surface area contributed by atoms with Gasteiger partial charge in [-0.1, -0.05) is 43.7 Å². The van der Waals surface area contributed by atoms with Crippen LogP contribution >= 0.6 is 27.5 Å². The summed E-state index contributed by atoms with van der Waals surface area (Å²) in [5.74, 6) is -0.213. The van der Waals surface area contributed by atoms with Crippen molar-refractivity contribution in [3.8, 4) is 6.07 Å². The summed E-state index contributed by atoms with van der Waals surface area (Å²) >= 11 is 9.26. The van der Waals surface area contributed by atoms with E-state index < -0.39 is 5.54 Å². The highest BCUT2D eigenvalue weighted by molar-refractivity contribution is 9.10. The number of halogens is 2. The summed E-state index contributed by atoms with van der Waals surface area (Å²) < 4.78 is 0.681. The number of amides is 1. The molecule has 1 N–H and O–H groups in total. The van der Waals surface area contributed by atoms with Crippen LogP contribution in [-0.2, 0) is 0 Å². The smallest absolute Gasteiger partial charge is 0.252 e. The maximum absolute atomic E-state index is 12.4. The summed E-state index contributed by atoms with van der Waals surface area (Å²) in [5.41, 5.74) is -0.216. The normalized spacial score (nSPS) is 18.1. The fourth-order valence-electron chi connectivity index (χ4n) is 2.70. The summed E-state index contributed by atoms with van der Waals surface area (Å²) in [6.07, 6.45) is 6.90. The SMILES string of the molecule is N#CC1(NC(=O)c2ccc(Cl)c(Br)c2)CCCCCCC1. The number of hydrogen-bond acceptors (Lipinski definition) is 2. The van der Waals surface area contributed by atoms with Gasteiger partial charge in [0.2, 0.25) is 0 Å². The highest BCUT2D eigenvalue weighted by atomic mass is 79.9. The van der Waals surface area contributed by atoms with E-state index in [2.05, 4.69) is 27.3 Å². The molecule has 1 aliphatic rings. The third-order valence-corrected chi connectivity index (χ3v) is 5.17. The summed E-state index contributed by atoms with van der Waals surface area (Å²) in [7, 11) is 0. The van der Waals surface area contributed by atoms with E-state index in [-0.39, 0.29) is 5.91 Å². The zero-order valence-corrected chi connectivity index (χ0v) is 14.1. The van der Waals surface area contributed by atoms with E-state index >= 15 is 0 Å². The minimum absolute atomic E-state index is 0.213. The quantitative estimate of drug-likeness (QED) is 0.811. The van der Waals surface area contributed by atoms with Gasteiger partial charge in [-0.15, -0.1) is 0 Å². The van der Waals surface area contributed by atoms with Gasteiger partial charge in [-0.25, -0.2) is 0 Å². The van der Waals surface area contributed by atoms with Gasteiger partial charge in [0.15, 0.2) is 0 Å². The van der Waals surface area contributed by atoms with Crippen LogP contribution in [0.25, 0.3) is 0 Å². The molecule has 0 saturated heterocycles. The van der Waals surface area contributed by atoms with Crippen LogP contribution in [0.4, 0.5) is 0 Å². The van der Waals surface area contributed by atoms with E-state index in [4.69, 9.17) is 11.6 Å². The summed E-state index contributed by atoms with van der Waals surface area (Å²) in [6.45, 7) is 0. The van der Waals surface area contributed by atoms with E-state index in [1.54, 1.807) is 18.2 Å². The van der Waals surface area contributed by atoms with Crippen LogP contribution in [0.15, 0.2) is 22.7 Å². The van der Waals surface area contributed by atoms with Gasteiger partial charge in [0.1, 0.15) is 5.54 Å². The molecule has 0 unspecified atom stereocenters. The third kappa shape index (κ3) is 4.21. The van der Waals surface area contributed by atoms with Crippen molar-refractivity contribution in [2.45, 2.75) is 50.5 Å². The molecule has 5 heteroatoms. The predicted octanol–water partition coefficient (Wildman–Crippen LogP) is 4.84. The van der Waals surface area contributed by atoms with Gasteiger partial charge < -0.3 is 5.32 Å². The van der Waals surface area contributed by atoms with Crippen molar-refractivity contribution in [3.05, 3.63) is 33.3 Å². The van der Waals surface area contributed by atoms with Crippen LogP contribution in [0, 0.1) is 11.3 Å². The Morgan fingerprint density at radius 2 is 1.86 bits per heavy atom. The first kappa shape index (κ1) is 16.3. The summed E-state index contributed by atoms with van der Waals surface area (Å²) in [5, 5.41) is 13.1. The Labute approximate surface area is 138 Å². The van der Waals surface area contributed by atoms with Gasteiger partial charge in [-0.05, 0) is 47.0 Å². The van der Waals surface area contributed by atoms with Gasteiger partial charge >= 0.3 is 0 Å². The first-order valence-corrected chi connectivity index (χ1v) is 8.42. The molecular weight excluding hydrogens is 352 g/mol. The molecule has 0 atom stereocenters. The van der Waals surface area contributed by atoms with Crippen LogP contribution < -0.4 is 5.32 Å². The van der Waals surface area contributed by atoms with E-state index in [0.717, 1.165) is 38.5 Å². The van der Waals surface area contributed by atoms with Crippen LogP contribution in [0.3, 0.4) is 0 Å². The molecule has 21 heavy (non-hydrogen) atoms. The Morgan fingerprint density at radius 3 is 2.43 bits per heavy atom. The van der Waals surface area contributed by atoms with Crippen LogP contribution in [-0.4, -0.2) is 11.4 Å². The average Bonchev–Trinajstić information content (AvgIpc) is 2.45. The molecule has 1 aromatic carbocycles. The fourth-order valence-corrected chi connectivity index (χ4v) is 3.20. The Kier molecular flexibility index (Phi) is 5.66. The van der Waals surface area contributed by atoms with Crippen molar-refractivity contribution in [1.82, 2.24) is 5.32 Å². The maximum atomic E-state index is 12.4. The lowest BCUT2D eigenvalue weighted by Gasteiger charge is -2.29. The molecule has 0 heterocycles. The molecule has 1 amide bonds. The van der Waals surface area contributed by atoms with Crippen LogP contribution in [0.5, 0.6) is 0 Å². The number of benzene rings is 1. The highest BCUT2D eigenvalue weighted by Crippen LogP contribution is 2.27. The molecular formula is C16H18BrClN2O. The van der Waals surface area contributed by atoms with Crippen molar-refractivity contribution in [2.24, 2.45) is 0 Å². The van der Waals surface area contributed by atoms with E-state index in [0.29, 0.717) is 15.1 Å². The molecule has 0 spiro atoms. The van der Waals surface area contributed by atoms with Crippen molar-refractivity contribution in [1.29, 1.82) is 5.26 Å². The lowest BCUT2D eigenvalue weighted by Crippen LogP contribution is -2.47. The zero-order valence-electron chi connectivity index (χ0n) is 11.8. The second kappa shape index (κ2) is 7.29. The van der Waals surface area contributed by atoms with Crippen LogP contribution in [0.2, 0.25) is 5.02 Å². The first-order chi connectivity index (χ1) is 10.1. The van der Waals surface area contributed by atoms with Gasteiger partial charge in [-0.3, -0.25) is 4.79 Å². The molecule has 1 aromatic rings. The number of carbonyl (C=O) groups excluding carboxylic acids is 1. The second-order valence-electron chi connectivity index (χ2n) is 5.54. The molecule has 112 valence electrons. The predicted molar refractivity (Wildman–Crippen MR) is 87.3 cm³/mol. The lowest BCUT2D eigenvalue weighted by molar-refractivity contribution is 0.0907. The molecule has 0 bridgehead atoms. The third-order valence-electron chi connectivity index (χ3n) is 3.96. The number of hydrogen-bond donors (Lipinski definition) is 1. The summed E-state index contributed by atoms with van der Waals surface area (Å²) in [4.78, 5) is 12.4. The van der Waals surface area contributed by atoms with Gasteiger partial charge in [0, 0.05) is 10.0 Å². The first-order valence-electron chi connectivity index (χ1n) is 7.25. The molecule has 0 aliphatic heterocycles. The highest BCUT2D eigenvalue weighted by Gasteiger charge is 2.32. The molecule has 1 saturated carbocycles. The minimum Gasteiger partial charge on any atom is -0.334 e. The molecule has 3 nitrogen and oxygen atoms in total. The number of nitriles is 1. The Hall–Kier alpha value is -1.05. The van der Waals surface area contributed by atoms with Crippen LogP contribution in [0.1, 0.15) is 55.3 Å². The van der Waals surface area contributed by atoms with E-state index in [1.165, 1.54) is 6.42 Å². The zero-order chi connectivity index (χ0) is 15.3. The molecule has 0 aromatic heterocycles. The van der Waals surface area contributed by atoms with E-state index in [1.807, 2.05) is 0 Å². The number of carbonyl (C=O) groups is 1. The van der Waals surface area contributed by atoms with Crippen molar-refractivity contribution in [2.75, 3.05) is 0 Å². The molecule has 2 rings (SSSR count). The fraction of sp³-hybridized carbons (Fsp3) is 0.500. The summed E-state index contributed by atoms with van der Waals surface area (Å²) in [6, 6.07) is 7.38. The maximum Gasteiger partial charge on any atom is 0.252 e. The standard InChI is InChI=1S/C16H18BrClN2O/c17-13-10-12(6-7-14(13)18)15(21)20-16(11-19)8-4-2-1-3-5-9-16/h6-7,10H,1-5,8-9H2,(H,20,21). The van der Waals surface area contributed by atoms with Crippen molar-refractivity contribution >= 4 is 33.4 Å². The Balaban J connectivity index is 2.14. The van der Waals surface area contributed by atoms with E-state index in [9.17, 15) is 10.1 Å². The Bertz CT molecular complexity index is 560. The van der Waals surface area contributed by atoms with Crippen molar-refractivity contribution < 1.29 is 4.79 Å². The molecule has 1 aliphatic carbocycles. The monoisotopic (exact) mass is 368 g/mol. The minimum atomic E-state index is -0.733. The Morgan fingerprint density at radius 1 is 1.24 bits per heavy atom. The number of nitrogens with one attached hydrogen (secondary N) is 1. The van der Waals surface area contributed by atoms with Gasteiger partial charge in [0.05, 0.1) is 11.1 Å². The van der Waals surface area contributed by atoms with Gasteiger partial charge in [0.25, 0.3) is 5.91 Å². The lowest BCUT2D eigenvalue weighted by atomic mass is 9.85. The molecule has 1 fully saturated rings. The average molecular weight is 370 g/mol. The van der Waals surface area contributed by atoms with Gasteiger partial charge in [-0.2, -0.15) is 5.26 Å². The number of nitrogens with zero attached hydrogens (tertiary/aromatic N) is 1. The second-order valence-corrected chi connectivity index (χ2v) is 6.81. The molecule has 0 radical (unpaired) electrons. The largest absolute Gasteiger partial charge is 0.334 e. The topological polar surface area (TPSA) is 52.9 Å². The number of rotatable bonds is 2. The van der Waals surface area contributed by atoms with Crippen molar-refractivity contribution in [3.63, 3.8) is 0 Å².